The van der Waals surface area contributed by atoms with E-state index >= 15 is 0 Å². The van der Waals surface area contributed by atoms with Crippen molar-refractivity contribution in [3.05, 3.63) is 53.3 Å². The van der Waals surface area contributed by atoms with Crippen molar-refractivity contribution in [3.8, 4) is 0 Å². The lowest BCUT2D eigenvalue weighted by molar-refractivity contribution is -0.121. The number of primary amides is 1. The number of aromatic nitrogens is 3. The van der Waals surface area contributed by atoms with Crippen molar-refractivity contribution < 1.29 is 14.7 Å². The molecule has 10 heteroatoms. The molecule has 0 unspecified atom stereocenters. The molecule has 2 amide bonds. The fraction of sp³-hybridized carbons (Fsp3) is 0.462. The van der Waals surface area contributed by atoms with Crippen LogP contribution in [-0.2, 0) is 10.4 Å². The monoisotopic (exact) mass is 491 g/mol. The molecule has 3 aromatic rings. The van der Waals surface area contributed by atoms with Gasteiger partial charge in [0.15, 0.2) is 5.82 Å². The first kappa shape index (κ1) is 24.2. The number of pyridine rings is 1. The number of anilines is 1. The van der Waals surface area contributed by atoms with Gasteiger partial charge in [-0.25, -0.2) is 4.79 Å². The molecule has 2 aromatic heterocycles. The van der Waals surface area contributed by atoms with Gasteiger partial charge in [0, 0.05) is 42.0 Å². The maximum absolute atomic E-state index is 12.6. The van der Waals surface area contributed by atoms with E-state index in [9.17, 15) is 14.7 Å². The van der Waals surface area contributed by atoms with E-state index in [2.05, 4.69) is 25.6 Å². The average molecular weight is 492 g/mol. The predicted octanol–water partition coefficient (Wildman–Crippen LogP) is 2.02. The quantitative estimate of drug-likeness (QED) is 0.414. The van der Waals surface area contributed by atoms with Crippen molar-refractivity contribution in [2.75, 3.05) is 25.0 Å². The Labute approximate surface area is 209 Å². The number of aryl methyl sites for hydroxylation is 2. The van der Waals surface area contributed by atoms with Crippen LogP contribution in [0.15, 0.2) is 36.5 Å². The van der Waals surface area contributed by atoms with E-state index in [-0.39, 0.29) is 18.5 Å². The minimum absolute atomic E-state index is 0.0519. The Balaban J connectivity index is 1.09. The second-order valence-electron chi connectivity index (χ2n) is 10.1. The largest absolute Gasteiger partial charge is 0.385 e. The van der Waals surface area contributed by atoms with Crippen LogP contribution in [0.5, 0.6) is 0 Å². The van der Waals surface area contributed by atoms with E-state index in [1.54, 1.807) is 12.3 Å². The molecule has 36 heavy (non-hydrogen) atoms. The summed E-state index contributed by atoms with van der Waals surface area (Å²) in [5, 5.41) is 22.2. The van der Waals surface area contributed by atoms with Gasteiger partial charge < -0.3 is 21.5 Å². The Morgan fingerprint density at radius 1 is 1.17 bits per heavy atom. The van der Waals surface area contributed by atoms with E-state index in [1.165, 1.54) is 0 Å². The summed E-state index contributed by atoms with van der Waals surface area (Å²) in [5.74, 6) is 0.329. The first-order chi connectivity index (χ1) is 17.2. The highest BCUT2D eigenvalue weighted by Gasteiger charge is 2.40. The van der Waals surface area contributed by atoms with Crippen LogP contribution in [0.4, 0.5) is 10.6 Å². The lowest BCUT2D eigenvalue weighted by Crippen LogP contribution is -2.63. The number of nitrogens with one attached hydrogen (secondary N) is 2. The highest BCUT2D eigenvalue weighted by atomic mass is 16.3. The number of carbonyl (C=O) groups excluding carboxylic acids is 2. The minimum Gasteiger partial charge on any atom is -0.385 e. The van der Waals surface area contributed by atoms with E-state index < -0.39 is 11.6 Å². The molecule has 10 nitrogen and oxygen atoms in total. The van der Waals surface area contributed by atoms with Gasteiger partial charge in [0.2, 0.25) is 5.91 Å². The number of amides is 2. The van der Waals surface area contributed by atoms with Gasteiger partial charge in [-0.3, -0.25) is 14.7 Å². The van der Waals surface area contributed by atoms with Gasteiger partial charge >= 0.3 is 6.03 Å². The normalized spacial score (nSPS) is 22.8. The molecule has 1 aromatic carbocycles. The molecule has 0 spiro atoms. The van der Waals surface area contributed by atoms with Crippen LogP contribution in [0.1, 0.15) is 42.5 Å². The zero-order valence-electron chi connectivity index (χ0n) is 20.7. The van der Waals surface area contributed by atoms with Crippen LogP contribution >= 0.6 is 0 Å². The molecule has 1 aliphatic heterocycles. The van der Waals surface area contributed by atoms with Crippen LogP contribution in [0.2, 0.25) is 0 Å². The van der Waals surface area contributed by atoms with Crippen LogP contribution in [-0.4, -0.2) is 68.4 Å². The Morgan fingerprint density at radius 3 is 2.58 bits per heavy atom. The summed E-state index contributed by atoms with van der Waals surface area (Å²) in [5.41, 5.74) is 8.10. The number of aliphatic hydroxyl groups is 1. The molecule has 1 saturated heterocycles. The molecule has 0 radical (unpaired) electrons. The van der Waals surface area contributed by atoms with Crippen LogP contribution < -0.4 is 16.4 Å². The third kappa shape index (κ3) is 4.78. The summed E-state index contributed by atoms with van der Waals surface area (Å²) in [6.45, 7) is 5.56. The van der Waals surface area contributed by atoms with E-state index in [1.807, 2.05) is 38.1 Å². The summed E-state index contributed by atoms with van der Waals surface area (Å²) in [7, 11) is 0. The summed E-state index contributed by atoms with van der Waals surface area (Å²) in [4.78, 5) is 31.0. The van der Waals surface area contributed by atoms with Gasteiger partial charge in [-0.2, -0.15) is 4.68 Å². The maximum atomic E-state index is 12.6. The second kappa shape index (κ2) is 9.51. The molecule has 5 N–H and O–H groups in total. The van der Waals surface area contributed by atoms with Crippen molar-refractivity contribution in [3.63, 3.8) is 0 Å². The number of fused-ring (bicyclic) bond motifs is 1. The molecule has 1 saturated carbocycles. The minimum atomic E-state index is -0.800. The van der Waals surface area contributed by atoms with Crippen molar-refractivity contribution in [1.29, 1.82) is 0 Å². The first-order valence-electron chi connectivity index (χ1n) is 12.4. The maximum Gasteiger partial charge on any atom is 0.340 e. The topological polar surface area (TPSA) is 138 Å². The van der Waals surface area contributed by atoms with Crippen molar-refractivity contribution >= 4 is 28.7 Å². The molecule has 2 aliphatic rings. The van der Waals surface area contributed by atoms with E-state index in [0.717, 1.165) is 52.8 Å². The Kier molecular flexibility index (Phi) is 6.40. The van der Waals surface area contributed by atoms with Gasteiger partial charge in [0.1, 0.15) is 0 Å². The number of benzene rings is 1. The first-order valence-corrected chi connectivity index (χ1v) is 12.4. The number of hydrogen-bond donors (Lipinski definition) is 4. The summed E-state index contributed by atoms with van der Waals surface area (Å²) < 4.78 is 1.14. The summed E-state index contributed by atoms with van der Waals surface area (Å²) in [6, 6.07) is 9.36. The zero-order chi connectivity index (χ0) is 25.4. The molecule has 0 atom stereocenters. The molecule has 1 aliphatic carbocycles. The average Bonchev–Trinajstić information content (AvgIpc) is 3.19. The van der Waals surface area contributed by atoms with Crippen LogP contribution in [0.25, 0.3) is 10.9 Å². The lowest BCUT2D eigenvalue weighted by Gasteiger charge is -2.48. The third-order valence-corrected chi connectivity index (χ3v) is 7.48. The van der Waals surface area contributed by atoms with E-state index in [0.29, 0.717) is 30.2 Å². The van der Waals surface area contributed by atoms with Gasteiger partial charge in [-0.15, -0.1) is 5.10 Å². The molecule has 3 heterocycles. The number of nitrogens with zero attached hydrogens (tertiary/aromatic N) is 4. The number of hydrogen-bond acceptors (Lipinski definition) is 7. The predicted molar refractivity (Wildman–Crippen MR) is 137 cm³/mol. The van der Waals surface area contributed by atoms with Gasteiger partial charge in [0.05, 0.1) is 23.7 Å². The SMILES string of the molecule is Cc1ccc2c(c1)c(NCC(=O)NC1CN([C@H]3CC[C@@](O)(c4ccc(C)nc4)CC3)C1)nn2C(N)=O. The van der Waals surface area contributed by atoms with Crippen molar-refractivity contribution in [1.82, 2.24) is 25.0 Å². The Hall–Kier alpha value is -3.50. The smallest absolute Gasteiger partial charge is 0.340 e. The summed E-state index contributed by atoms with van der Waals surface area (Å²) in [6.07, 6.45) is 5.06. The molecule has 2 fully saturated rings. The Morgan fingerprint density at radius 2 is 1.92 bits per heavy atom. The van der Waals surface area contributed by atoms with Crippen LogP contribution in [0.3, 0.4) is 0 Å². The number of carbonyl (C=O) groups is 2. The van der Waals surface area contributed by atoms with E-state index in [4.69, 9.17) is 5.73 Å². The number of nitrogens with two attached hydrogens (primary N) is 1. The van der Waals surface area contributed by atoms with Gasteiger partial charge in [-0.1, -0.05) is 17.7 Å². The third-order valence-electron chi connectivity index (χ3n) is 7.48. The van der Waals surface area contributed by atoms with Gasteiger partial charge in [-0.05, 0) is 57.7 Å². The number of rotatable bonds is 6. The van der Waals surface area contributed by atoms with Crippen molar-refractivity contribution in [2.45, 2.75) is 57.2 Å². The second-order valence-corrected chi connectivity index (χ2v) is 10.1. The molecule has 5 rings (SSSR count). The fourth-order valence-electron chi connectivity index (χ4n) is 5.35. The molecule has 190 valence electrons. The highest BCUT2D eigenvalue weighted by molar-refractivity contribution is 5.97. The zero-order valence-corrected chi connectivity index (χ0v) is 20.7. The molecule has 0 bridgehead atoms. The fourth-order valence-corrected chi connectivity index (χ4v) is 5.35. The summed E-state index contributed by atoms with van der Waals surface area (Å²) >= 11 is 0. The van der Waals surface area contributed by atoms with Crippen molar-refractivity contribution in [2.24, 2.45) is 5.73 Å². The lowest BCUT2D eigenvalue weighted by atomic mass is 9.77. The van der Waals surface area contributed by atoms with Crippen LogP contribution in [0, 0.1) is 13.8 Å². The van der Waals surface area contributed by atoms with Gasteiger partial charge in [0.25, 0.3) is 0 Å². The molecular formula is C26H33N7O3. The standard InChI is InChI=1S/C26H33N7O3/c1-16-3-6-22-21(11-16)24(31-33(22)25(27)35)29-13-23(34)30-19-14-32(15-19)20-7-9-26(36,10-8-20)18-5-4-17(2)28-12-18/h3-6,11-12,19-20,36H,7-10,13-15H2,1-2H3,(H2,27,35)(H,29,31)(H,30,34)/t20-,26-. The highest BCUT2D eigenvalue weighted by Crippen LogP contribution is 2.39. The molecular weight excluding hydrogens is 458 g/mol. The Bertz CT molecular complexity index is 1270. The number of likely N-dealkylation sites (tertiary alicyclic amines) is 1.